The molecule has 0 aliphatic carbocycles. The van der Waals surface area contributed by atoms with Crippen LogP contribution in [0.15, 0.2) is 18.2 Å². The first kappa shape index (κ1) is 13.4. The molecule has 2 rings (SSSR count). The van der Waals surface area contributed by atoms with E-state index in [1.54, 1.807) is 11.8 Å². The van der Waals surface area contributed by atoms with Crippen LogP contribution in [0.2, 0.25) is 0 Å². The van der Waals surface area contributed by atoms with E-state index < -0.39 is 0 Å². The summed E-state index contributed by atoms with van der Waals surface area (Å²) in [6.07, 6.45) is 0. The number of amides is 1. The summed E-state index contributed by atoms with van der Waals surface area (Å²) in [6.45, 7) is 6.20. The van der Waals surface area contributed by atoms with Gasteiger partial charge < -0.3 is 5.32 Å². The van der Waals surface area contributed by atoms with Crippen LogP contribution in [-0.4, -0.2) is 23.6 Å². The second-order valence-electron chi connectivity index (χ2n) is 4.86. The van der Waals surface area contributed by atoms with Crippen molar-refractivity contribution in [1.29, 1.82) is 0 Å². The van der Waals surface area contributed by atoms with E-state index in [0.29, 0.717) is 0 Å². The number of carbonyl (C=O) groups is 1. The molecule has 18 heavy (non-hydrogen) atoms. The third-order valence-electron chi connectivity index (χ3n) is 3.29. The first-order valence-corrected chi connectivity index (χ1v) is 7.42. The van der Waals surface area contributed by atoms with Crippen molar-refractivity contribution >= 4 is 17.7 Å². The number of hydrogen-bond donors (Lipinski definition) is 2. The van der Waals surface area contributed by atoms with Crippen LogP contribution in [-0.2, 0) is 4.79 Å². The van der Waals surface area contributed by atoms with Gasteiger partial charge in [0.2, 0.25) is 5.91 Å². The maximum Gasteiger partial charge on any atom is 0.238 e. The summed E-state index contributed by atoms with van der Waals surface area (Å²) in [5.74, 6) is 1.84. The molecule has 0 bridgehead atoms. The third-order valence-corrected chi connectivity index (χ3v) is 4.23. The molecule has 2 N–H and O–H groups in total. The number of hydrogen-bond acceptors (Lipinski definition) is 3. The molecule has 0 aromatic heterocycles. The van der Waals surface area contributed by atoms with Crippen molar-refractivity contribution in [2.45, 2.75) is 32.9 Å². The van der Waals surface area contributed by atoms with E-state index in [4.69, 9.17) is 0 Å². The molecule has 1 amide bonds. The molecule has 3 nitrogen and oxygen atoms in total. The van der Waals surface area contributed by atoms with Crippen molar-refractivity contribution in [3.8, 4) is 0 Å². The molecule has 4 heteroatoms. The van der Waals surface area contributed by atoms with Crippen molar-refractivity contribution < 1.29 is 4.79 Å². The first-order valence-electron chi connectivity index (χ1n) is 6.26. The second-order valence-corrected chi connectivity index (χ2v) is 5.89. The lowest BCUT2D eigenvalue weighted by Gasteiger charge is -2.19. The third kappa shape index (κ3) is 3.06. The fourth-order valence-corrected chi connectivity index (χ4v) is 3.12. The van der Waals surface area contributed by atoms with Gasteiger partial charge in [-0.15, -0.1) is 11.8 Å². The lowest BCUT2D eigenvalue weighted by molar-refractivity contribution is -0.123. The van der Waals surface area contributed by atoms with Crippen molar-refractivity contribution in [3.05, 3.63) is 34.9 Å². The highest BCUT2D eigenvalue weighted by molar-refractivity contribution is 7.99. The SMILES string of the molecule is Cc1ccc(C)c(C(C)NC(=O)C2CSCN2)c1. The van der Waals surface area contributed by atoms with Crippen LogP contribution in [0.4, 0.5) is 0 Å². The standard InChI is InChI=1S/C14H20N2OS/c1-9-4-5-10(2)12(6-9)11(3)16-14(17)13-7-18-8-15-13/h4-6,11,13,15H,7-8H2,1-3H3,(H,16,17). The molecule has 1 saturated heterocycles. The van der Waals surface area contributed by atoms with E-state index in [1.807, 2.05) is 6.92 Å². The Morgan fingerprint density at radius 1 is 1.50 bits per heavy atom. The fraction of sp³-hybridized carbons (Fsp3) is 0.500. The summed E-state index contributed by atoms with van der Waals surface area (Å²) in [5.41, 5.74) is 3.66. The van der Waals surface area contributed by atoms with Gasteiger partial charge in [0.15, 0.2) is 0 Å². The minimum Gasteiger partial charge on any atom is -0.348 e. The van der Waals surface area contributed by atoms with Crippen molar-refractivity contribution in [1.82, 2.24) is 10.6 Å². The normalized spacial score (nSPS) is 20.7. The maximum atomic E-state index is 12.0. The van der Waals surface area contributed by atoms with E-state index in [0.717, 1.165) is 11.6 Å². The van der Waals surface area contributed by atoms with Crippen LogP contribution in [0.3, 0.4) is 0 Å². The predicted molar refractivity (Wildman–Crippen MR) is 76.7 cm³/mol. The lowest BCUT2D eigenvalue weighted by Crippen LogP contribution is -2.43. The molecule has 2 unspecified atom stereocenters. The van der Waals surface area contributed by atoms with Gasteiger partial charge >= 0.3 is 0 Å². The summed E-state index contributed by atoms with van der Waals surface area (Å²) in [6, 6.07) is 6.38. The number of nitrogens with one attached hydrogen (secondary N) is 2. The summed E-state index contributed by atoms with van der Waals surface area (Å²) < 4.78 is 0. The molecule has 2 atom stereocenters. The van der Waals surface area contributed by atoms with Crippen LogP contribution in [0, 0.1) is 13.8 Å². The van der Waals surface area contributed by atoms with Gasteiger partial charge in [-0.05, 0) is 31.9 Å². The van der Waals surface area contributed by atoms with Crippen LogP contribution in [0.25, 0.3) is 0 Å². The Bertz CT molecular complexity index is 441. The van der Waals surface area contributed by atoms with E-state index in [1.165, 1.54) is 16.7 Å². The zero-order valence-electron chi connectivity index (χ0n) is 11.1. The topological polar surface area (TPSA) is 41.1 Å². The fourth-order valence-electron chi connectivity index (χ4n) is 2.18. The van der Waals surface area contributed by atoms with Crippen LogP contribution < -0.4 is 10.6 Å². The molecule has 1 aromatic carbocycles. The quantitative estimate of drug-likeness (QED) is 0.879. The van der Waals surface area contributed by atoms with Gasteiger partial charge in [-0.1, -0.05) is 23.8 Å². The Kier molecular flexibility index (Phi) is 4.30. The van der Waals surface area contributed by atoms with Crippen LogP contribution >= 0.6 is 11.8 Å². The average molecular weight is 264 g/mol. The second kappa shape index (κ2) is 5.76. The van der Waals surface area contributed by atoms with Gasteiger partial charge in [0.05, 0.1) is 12.1 Å². The summed E-state index contributed by atoms with van der Waals surface area (Å²) in [7, 11) is 0. The molecule has 0 radical (unpaired) electrons. The van der Waals surface area contributed by atoms with Crippen molar-refractivity contribution in [3.63, 3.8) is 0 Å². The van der Waals surface area contributed by atoms with Gasteiger partial charge in [0.25, 0.3) is 0 Å². The number of aryl methyl sites for hydroxylation is 2. The van der Waals surface area contributed by atoms with Crippen molar-refractivity contribution in [2.24, 2.45) is 0 Å². The van der Waals surface area contributed by atoms with Crippen LogP contribution in [0.5, 0.6) is 0 Å². The number of rotatable bonds is 3. The van der Waals surface area contributed by atoms with E-state index >= 15 is 0 Å². The Hall–Kier alpha value is -1.00. The molecular weight excluding hydrogens is 244 g/mol. The minimum absolute atomic E-state index is 0.0393. The van der Waals surface area contributed by atoms with Gasteiger partial charge in [0.1, 0.15) is 0 Å². The smallest absolute Gasteiger partial charge is 0.238 e. The average Bonchev–Trinajstić information content (AvgIpc) is 2.85. The summed E-state index contributed by atoms with van der Waals surface area (Å²) in [5, 5.41) is 6.28. The number of carbonyl (C=O) groups excluding carboxylic acids is 1. The highest BCUT2D eigenvalue weighted by Gasteiger charge is 2.24. The molecule has 1 heterocycles. The first-order chi connectivity index (χ1) is 8.58. The monoisotopic (exact) mass is 264 g/mol. The highest BCUT2D eigenvalue weighted by Crippen LogP contribution is 2.19. The highest BCUT2D eigenvalue weighted by atomic mass is 32.2. The lowest BCUT2D eigenvalue weighted by atomic mass is 10.00. The van der Waals surface area contributed by atoms with E-state index in [-0.39, 0.29) is 18.0 Å². The zero-order chi connectivity index (χ0) is 13.1. The molecule has 1 fully saturated rings. The van der Waals surface area contributed by atoms with Gasteiger partial charge in [-0.2, -0.15) is 0 Å². The molecule has 1 aromatic rings. The Morgan fingerprint density at radius 2 is 2.28 bits per heavy atom. The van der Waals surface area contributed by atoms with E-state index in [2.05, 4.69) is 42.7 Å². The Balaban J connectivity index is 2.04. The Morgan fingerprint density at radius 3 is 2.94 bits per heavy atom. The predicted octanol–water partition coefficient (Wildman–Crippen LogP) is 2.14. The van der Waals surface area contributed by atoms with Gasteiger partial charge in [-0.3, -0.25) is 10.1 Å². The molecule has 1 aliphatic rings. The summed E-state index contributed by atoms with van der Waals surface area (Å²) >= 11 is 1.77. The minimum atomic E-state index is -0.0393. The van der Waals surface area contributed by atoms with E-state index in [9.17, 15) is 4.79 Å². The van der Waals surface area contributed by atoms with Crippen LogP contribution in [0.1, 0.15) is 29.7 Å². The zero-order valence-corrected chi connectivity index (χ0v) is 11.9. The molecule has 1 aliphatic heterocycles. The largest absolute Gasteiger partial charge is 0.348 e. The Labute approximate surface area is 113 Å². The molecule has 98 valence electrons. The van der Waals surface area contributed by atoms with Gasteiger partial charge in [0, 0.05) is 11.6 Å². The number of thioether (sulfide) groups is 1. The maximum absolute atomic E-state index is 12.0. The molecule has 0 spiro atoms. The summed E-state index contributed by atoms with van der Waals surface area (Å²) in [4.78, 5) is 12.0. The molecular formula is C14H20N2OS. The van der Waals surface area contributed by atoms with Crippen molar-refractivity contribution in [2.75, 3.05) is 11.6 Å². The van der Waals surface area contributed by atoms with Gasteiger partial charge in [-0.25, -0.2) is 0 Å². The number of benzene rings is 1. The molecule has 0 saturated carbocycles.